The smallest absolute Gasteiger partial charge is 0.234 e. The molecule has 0 radical (unpaired) electrons. The SMILES string of the molecule is Cc1nc(SCC(=O)Nc2c(F)cccc2F)c2c3c(sc2n1)CCCC3. The topological polar surface area (TPSA) is 54.9 Å². The first kappa shape index (κ1) is 18.3. The van der Waals surface area contributed by atoms with Crippen molar-refractivity contribution in [2.75, 3.05) is 11.1 Å². The van der Waals surface area contributed by atoms with E-state index in [4.69, 9.17) is 0 Å². The number of para-hydroxylation sites is 1. The normalized spacial score (nSPS) is 13.6. The van der Waals surface area contributed by atoms with Crippen LogP contribution in [0.1, 0.15) is 29.1 Å². The first-order chi connectivity index (χ1) is 13.0. The number of carbonyl (C=O) groups is 1. The summed E-state index contributed by atoms with van der Waals surface area (Å²) >= 11 is 2.98. The molecule has 2 aromatic heterocycles. The molecule has 1 aliphatic rings. The molecule has 1 aliphatic carbocycles. The van der Waals surface area contributed by atoms with Gasteiger partial charge in [0.15, 0.2) is 0 Å². The molecule has 140 valence electrons. The van der Waals surface area contributed by atoms with Crippen molar-refractivity contribution in [3.8, 4) is 0 Å². The summed E-state index contributed by atoms with van der Waals surface area (Å²) in [5, 5.41) is 4.12. The van der Waals surface area contributed by atoms with E-state index in [1.807, 2.05) is 6.92 Å². The number of halogens is 2. The van der Waals surface area contributed by atoms with Gasteiger partial charge < -0.3 is 5.32 Å². The van der Waals surface area contributed by atoms with Crippen LogP contribution in [0.3, 0.4) is 0 Å². The van der Waals surface area contributed by atoms with Crippen molar-refractivity contribution in [1.82, 2.24) is 9.97 Å². The third kappa shape index (κ3) is 3.68. The Morgan fingerprint density at radius 3 is 2.74 bits per heavy atom. The summed E-state index contributed by atoms with van der Waals surface area (Å²) < 4.78 is 27.4. The number of amides is 1. The molecule has 0 fully saturated rings. The zero-order valence-electron chi connectivity index (χ0n) is 14.6. The van der Waals surface area contributed by atoms with E-state index in [0.717, 1.165) is 46.6 Å². The van der Waals surface area contributed by atoms with Gasteiger partial charge >= 0.3 is 0 Å². The molecule has 1 aromatic carbocycles. The molecule has 27 heavy (non-hydrogen) atoms. The van der Waals surface area contributed by atoms with Gasteiger partial charge in [0.25, 0.3) is 0 Å². The summed E-state index contributed by atoms with van der Waals surface area (Å²) in [6, 6.07) is 3.48. The summed E-state index contributed by atoms with van der Waals surface area (Å²) in [5.41, 5.74) is 0.879. The summed E-state index contributed by atoms with van der Waals surface area (Å²) in [4.78, 5) is 23.6. The fourth-order valence-corrected chi connectivity index (χ4v) is 5.53. The van der Waals surface area contributed by atoms with E-state index in [0.29, 0.717) is 5.82 Å². The predicted octanol–water partition coefficient (Wildman–Crippen LogP) is 4.89. The molecule has 1 N–H and O–H groups in total. The van der Waals surface area contributed by atoms with Gasteiger partial charge in [-0.1, -0.05) is 17.8 Å². The fraction of sp³-hybridized carbons (Fsp3) is 0.316. The number of aromatic nitrogens is 2. The van der Waals surface area contributed by atoms with Gasteiger partial charge in [0.05, 0.1) is 5.75 Å². The Hall–Kier alpha value is -2.06. The number of fused-ring (bicyclic) bond motifs is 3. The van der Waals surface area contributed by atoms with Gasteiger partial charge in [0.1, 0.15) is 33.0 Å². The Morgan fingerprint density at radius 2 is 1.96 bits per heavy atom. The molecule has 0 aliphatic heterocycles. The van der Waals surface area contributed by atoms with Gasteiger partial charge in [-0.2, -0.15) is 0 Å². The van der Waals surface area contributed by atoms with Gasteiger partial charge in [0.2, 0.25) is 5.91 Å². The maximum Gasteiger partial charge on any atom is 0.234 e. The third-order valence-corrected chi connectivity index (χ3v) is 6.62. The number of hydrogen-bond acceptors (Lipinski definition) is 5. The van der Waals surface area contributed by atoms with E-state index >= 15 is 0 Å². The number of carbonyl (C=O) groups excluding carboxylic acids is 1. The average molecular weight is 405 g/mol. The van der Waals surface area contributed by atoms with Crippen LogP contribution >= 0.6 is 23.1 Å². The monoisotopic (exact) mass is 405 g/mol. The molecule has 1 amide bonds. The van der Waals surface area contributed by atoms with Crippen molar-refractivity contribution in [3.63, 3.8) is 0 Å². The molecule has 2 heterocycles. The number of thiophene rings is 1. The van der Waals surface area contributed by atoms with Gasteiger partial charge in [-0.25, -0.2) is 18.7 Å². The molecule has 0 bridgehead atoms. The molecule has 0 saturated carbocycles. The summed E-state index contributed by atoms with van der Waals surface area (Å²) in [7, 11) is 0. The zero-order valence-corrected chi connectivity index (χ0v) is 16.3. The predicted molar refractivity (Wildman–Crippen MR) is 105 cm³/mol. The van der Waals surface area contributed by atoms with Crippen LogP contribution in [-0.4, -0.2) is 21.6 Å². The molecule has 0 unspecified atom stereocenters. The van der Waals surface area contributed by atoms with Gasteiger partial charge in [-0.15, -0.1) is 11.3 Å². The van der Waals surface area contributed by atoms with Crippen LogP contribution in [0.15, 0.2) is 23.2 Å². The number of nitrogens with one attached hydrogen (secondary N) is 1. The lowest BCUT2D eigenvalue weighted by molar-refractivity contribution is -0.113. The lowest BCUT2D eigenvalue weighted by Crippen LogP contribution is -2.16. The lowest BCUT2D eigenvalue weighted by Gasteiger charge is -2.12. The second kappa shape index (κ2) is 7.52. The van der Waals surface area contributed by atoms with Crippen molar-refractivity contribution in [3.05, 3.63) is 46.1 Å². The second-order valence-corrected chi connectivity index (χ2v) is 8.45. The van der Waals surface area contributed by atoms with Gasteiger partial charge in [-0.05, 0) is 50.3 Å². The highest BCUT2D eigenvalue weighted by atomic mass is 32.2. The maximum absolute atomic E-state index is 13.7. The molecular formula is C19H17F2N3OS2. The minimum atomic E-state index is -0.791. The van der Waals surface area contributed by atoms with Crippen molar-refractivity contribution < 1.29 is 13.6 Å². The fourth-order valence-electron chi connectivity index (χ4n) is 3.26. The standard InChI is InChI=1S/C19H17F2N3OS2/c1-10-22-18(16-11-5-2-3-8-14(11)27-19(16)23-10)26-9-15(25)24-17-12(20)6-4-7-13(17)21/h4,6-7H,2-3,5,8-9H2,1H3,(H,24,25). The number of rotatable bonds is 4. The number of nitrogens with zero attached hydrogens (tertiary/aromatic N) is 2. The Balaban J connectivity index is 1.57. The first-order valence-electron chi connectivity index (χ1n) is 8.68. The number of benzene rings is 1. The highest BCUT2D eigenvalue weighted by Gasteiger charge is 2.21. The number of hydrogen-bond donors (Lipinski definition) is 1. The quantitative estimate of drug-likeness (QED) is 0.496. The van der Waals surface area contributed by atoms with E-state index in [1.54, 1.807) is 11.3 Å². The van der Waals surface area contributed by atoms with Crippen molar-refractivity contribution in [2.45, 2.75) is 37.6 Å². The van der Waals surface area contributed by atoms with Crippen LogP contribution in [0.5, 0.6) is 0 Å². The van der Waals surface area contributed by atoms with Crippen LogP contribution in [0.2, 0.25) is 0 Å². The Morgan fingerprint density at radius 1 is 1.22 bits per heavy atom. The molecular weight excluding hydrogens is 388 g/mol. The van der Waals surface area contributed by atoms with Crippen molar-refractivity contribution in [2.24, 2.45) is 0 Å². The third-order valence-electron chi connectivity index (χ3n) is 4.46. The molecule has 0 spiro atoms. The van der Waals surface area contributed by atoms with Crippen molar-refractivity contribution >= 4 is 44.9 Å². The van der Waals surface area contributed by atoms with Crippen LogP contribution in [-0.2, 0) is 17.6 Å². The molecule has 4 rings (SSSR count). The summed E-state index contributed by atoms with van der Waals surface area (Å²) in [6.07, 6.45) is 4.39. The van der Waals surface area contributed by atoms with E-state index in [2.05, 4.69) is 15.3 Å². The average Bonchev–Trinajstić information content (AvgIpc) is 3.01. The van der Waals surface area contributed by atoms with Crippen LogP contribution in [0, 0.1) is 18.6 Å². The highest BCUT2D eigenvalue weighted by Crippen LogP contribution is 2.39. The van der Waals surface area contributed by atoms with Crippen molar-refractivity contribution in [1.29, 1.82) is 0 Å². The summed E-state index contributed by atoms with van der Waals surface area (Å²) in [5.74, 6) is -1.38. The lowest BCUT2D eigenvalue weighted by atomic mass is 9.97. The maximum atomic E-state index is 13.7. The van der Waals surface area contributed by atoms with Gasteiger partial charge in [0, 0.05) is 10.3 Å². The van der Waals surface area contributed by atoms with E-state index in [1.165, 1.54) is 34.7 Å². The zero-order chi connectivity index (χ0) is 19.0. The molecule has 8 heteroatoms. The van der Waals surface area contributed by atoms with E-state index < -0.39 is 23.2 Å². The summed E-state index contributed by atoms with van der Waals surface area (Å²) in [6.45, 7) is 1.83. The van der Waals surface area contributed by atoms with E-state index in [9.17, 15) is 13.6 Å². The number of aryl methyl sites for hydroxylation is 3. The Bertz CT molecular complexity index is 1020. The van der Waals surface area contributed by atoms with Crippen LogP contribution in [0.4, 0.5) is 14.5 Å². The minimum Gasteiger partial charge on any atom is -0.320 e. The van der Waals surface area contributed by atoms with E-state index in [-0.39, 0.29) is 5.75 Å². The Kier molecular flexibility index (Phi) is 5.10. The Labute approximate surface area is 163 Å². The minimum absolute atomic E-state index is 0.0178. The first-order valence-corrected chi connectivity index (χ1v) is 10.5. The molecule has 4 nitrogen and oxygen atoms in total. The number of thioether (sulfide) groups is 1. The number of anilines is 1. The molecule has 0 atom stereocenters. The largest absolute Gasteiger partial charge is 0.320 e. The van der Waals surface area contributed by atoms with Gasteiger partial charge in [-0.3, -0.25) is 4.79 Å². The molecule has 0 saturated heterocycles. The molecule has 3 aromatic rings. The highest BCUT2D eigenvalue weighted by molar-refractivity contribution is 8.00. The van der Waals surface area contributed by atoms with Crippen LogP contribution in [0.25, 0.3) is 10.2 Å². The van der Waals surface area contributed by atoms with Crippen LogP contribution < -0.4 is 5.32 Å². The second-order valence-electron chi connectivity index (χ2n) is 6.40.